The van der Waals surface area contributed by atoms with Gasteiger partial charge in [-0.2, -0.15) is 0 Å². The second kappa shape index (κ2) is 6.10. The van der Waals surface area contributed by atoms with Crippen molar-refractivity contribution in [1.82, 2.24) is 0 Å². The van der Waals surface area contributed by atoms with Crippen LogP contribution in [0.15, 0.2) is 24.3 Å². The summed E-state index contributed by atoms with van der Waals surface area (Å²) in [6, 6.07) is 7.82. The molecule has 0 saturated carbocycles. The number of benzene rings is 1. The van der Waals surface area contributed by atoms with Crippen molar-refractivity contribution in [2.75, 3.05) is 0 Å². The summed E-state index contributed by atoms with van der Waals surface area (Å²) in [4.78, 5) is 10.5. The zero-order valence-electron chi connectivity index (χ0n) is 7.87. The number of hydrogen-bond acceptors (Lipinski definition) is 1. The van der Waals surface area contributed by atoms with E-state index in [0.29, 0.717) is 6.42 Å². The minimum Gasteiger partial charge on any atom is -0.288 e. The molecule has 0 heterocycles. The van der Waals surface area contributed by atoms with Gasteiger partial charge < -0.3 is 0 Å². The molecule has 0 amide bonds. The molecule has 0 unspecified atom stereocenters. The van der Waals surface area contributed by atoms with Gasteiger partial charge >= 0.3 is 0 Å². The molecule has 0 atom stereocenters. The second-order valence-electron chi connectivity index (χ2n) is 3.23. The third-order valence-electron chi connectivity index (χ3n) is 2.02. The Morgan fingerprint density at radius 1 is 1.21 bits per heavy atom. The summed E-state index contributed by atoms with van der Waals surface area (Å²) < 4.78 is 0. The molecule has 0 bridgehead atoms. The molecule has 0 aromatic heterocycles. The highest BCUT2D eigenvalue weighted by Crippen LogP contribution is 2.12. The number of carbonyl (C=O) groups is 1. The molecule has 0 aliphatic carbocycles. The highest BCUT2D eigenvalue weighted by molar-refractivity contribution is 7.96. The van der Waals surface area contributed by atoms with E-state index in [-0.39, 0.29) is 5.12 Å². The first-order valence-corrected chi connectivity index (χ1v) is 5.47. The molecular formula is C11H13ClOS. The van der Waals surface area contributed by atoms with Crippen LogP contribution < -0.4 is 0 Å². The molecule has 0 aliphatic heterocycles. The second-order valence-corrected chi connectivity index (χ2v) is 4.16. The van der Waals surface area contributed by atoms with E-state index in [1.165, 1.54) is 5.56 Å². The molecule has 0 fully saturated rings. The maximum absolute atomic E-state index is 10.5. The Bertz CT molecular complexity index is 295. The standard InChI is InChI=1S/C11H13ClOS/c12-10-7-5-9(6-8-10)3-1-2-4-11(13)14/h5-8H,1-4H2,(H,13,14). The van der Waals surface area contributed by atoms with E-state index in [0.717, 1.165) is 24.3 Å². The number of carbonyl (C=O) groups excluding carboxylic acids is 1. The van der Waals surface area contributed by atoms with Crippen molar-refractivity contribution in [2.45, 2.75) is 25.7 Å². The lowest BCUT2D eigenvalue weighted by molar-refractivity contribution is -0.110. The van der Waals surface area contributed by atoms with Crippen LogP contribution in [0.4, 0.5) is 0 Å². The third kappa shape index (κ3) is 4.68. The zero-order valence-corrected chi connectivity index (χ0v) is 9.52. The van der Waals surface area contributed by atoms with Crippen molar-refractivity contribution >= 4 is 29.3 Å². The van der Waals surface area contributed by atoms with Gasteiger partial charge in [0.2, 0.25) is 0 Å². The van der Waals surface area contributed by atoms with Crippen LogP contribution in [0.5, 0.6) is 0 Å². The Hall–Kier alpha value is -0.470. The van der Waals surface area contributed by atoms with E-state index in [4.69, 9.17) is 11.6 Å². The Morgan fingerprint density at radius 2 is 1.86 bits per heavy atom. The molecule has 1 aromatic carbocycles. The largest absolute Gasteiger partial charge is 0.288 e. The van der Waals surface area contributed by atoms with E-state index in [9.17, 15) is 4.79 Å². The zero-order chi connectivity index (χ0) is 10.4. The van der Waals surface area contributed by atoms with Gasteiger partial charge in [-0.1, -0.05) is 23.7 Å². The SMILES string of the molecule is O=C(S)CCCCc1ccc(Cl)cc1. The molecule has 1 rings (SSSR count). The first-order valence-electron chi connectivity index (χ1n) is 4.65. The van der Waals surface area contributed by atoms with Crippen molar-refractivity contribution in [2.24, 2.45) is 0 Å². The predicted molar refractivity (Wildman–Crippen MR) is 63.0 cm³/mol. The van der Waals surface area contributed by atoms with Gasteiger partial charge in [-0.15, -0.1) is 12.6 Å². The lowest BCUT2D eigenvalue weighted by Gasteiger charge is -2.00. The maximum Gasteiger partial charge on any atom is 0.185 e. The van der Waals surface area contributed by atoms with Gasteiger partial charge in [-0.25, -0.2) is 0 Å². The van der Waals surface area contributed by atoms with Gasteiger partial charge in [-0.05, 0) is 37.0 Å². The average Bonchev–Trinajstić information content (AvgIpc) is 2.15. The number of halogens is 1. The first kappa shape index (κ1) is 11.6. The Balaban J connectivity index is 2.25. The van der Waals surface area contributed by atoms with Gasteiger partial charge in [0.1, 0.15) is 0 Å². The summed E-state index contributed by atoms with van der Waals surface area (Å²) in [5.41, 5.74) is 1.26. The van der Waals surface area contributed by atoms with Gasteiger partial charge in [0, 0.05) is 11.4 Å². The van der Waals surface area contributed by atoms with Crippen LogP contribution in [0.1, 0.15) is 24.8 Å². The Labute approximate surface area is 94.9 Å². The number of hydrogen-bond donors (Lipinski definition) is 1. The fourth-order valence-electron chi connectivity index (χ4n) is 1.26. The van der Waals surface area contributed by atoms with E-state index in [1.807, 2.05) is 24.3 Å². The van der Waals surface area contributed by atoms with Crippen LogP contribution >= 0.6 is 24.2 Å². The van der Waals surface area contributed by atoms with Crippen molar-refractivity contribution in [3.05, 3.63) is 34.9 Å². The summed E-state index contributed by atoms with van der Waals surface area (Å²) in [5, 5.41) is 0.736. The topological polar surface area (TPSA) is 17.1 Å². The molecule has 0 saturated heterocycles. The Kier molecular flexibility index (Phi) is 5.05. The minimum absolute atomic E-state index is 0.0268. The molecule has 1 nitrogen and oxygen atoms in total. The van der Waals surface area contributed by atoms with Crippen LogP contribution in [0.2, 0.25) is 5.02 Å². The van der Waals surface area contributed by atoms with Gasteiger partial charge in [-0.3, -0.25) is 4.79 Å². The summed E-state index contributed by atoms with van der Waals surface area (Å²) in [5.74, 6) is 0. The lowest BCUT2D eigenvalue weighted by atomic mass is 10.1. The normalized spacial score (nSPS) is 10.1. The van der Waals surface area contributed by atoms with E-state index >= 15 is 0 Å². The van der Waals surface area contributed by atoms with Crippen LogP contribution in [0.25, 0.3) is 0 Å². The summed E-state index contributed by atoms with van der Waals surface area (Å²) >= 11 is 9.48. The molecular weight excluding hydrogens is 216 g/mol. The summed E-state index contributed by atoms with van der Waals surface area (Å²) in [6.45, 7) is 0. The molecule has 0 aliphatic rings. The average molecular weight is 229 g/mol. The first-order chi connectivity index (χ1) is 6.68. The van der Waals surface area contributed by atoms with Gasteiger partial charge in [0.15, 0.2) is 5.12 Å². The molecule has 0 spiro atoms. The Morgan fingerprint density at radius 3 is 2.43 bits per heavy atom. The molecule has 1 aromatic rings. The van der Waals surface area contributed by atoms with E-state index in [2.05, 4.69) is 12.6 Å². The number of rotatable bonds is 5. The van der Waals surface area contributed by atoms with Crippen LogP contribution in [-0.4, -0.2) is 5.12 Å². The lowest BCUT2D eigenvalue weighted by Crippen LogP contribution is -1.89. The molecule has 0 N–H and O–H groups in total. The highest BCUT2D eigenvalue weighted by Gasteiger charge is 1.96. The van der Waals surface area contributed by atoms with Crippen LogP contribution in [-0.2, 0) is 11.2 Å². The van der Waals surface area contributed by atoms with E-state index < -0.39 is 0 Å². The minimum atomic E-state index is -0.0268. The molecule has 0 radical (unpaired) electrons. The number of unbranched alkanes of at least 4 members (excludes halogenated alkanes) is 1. The smallest absolute Gasteiger partial charge is 0.185 e. The fourth-order valence-corrected chi connectivity index (χ4v) is 1.54. The van der Waals surface area contributed by atoms with E-state index in [1.54, 1.807) is 0 Å². The van der Waals surface area contributed by atoms with Gasteiger partial charge in [0.25, 0.3) is 0 Å². The fraction of sp³-hybridized carbons (Fsp3) is 0.364. The van der Waals surface area contributed by atoms with Crippen molar-refractivity contribution in [3.8, 4) is 0 Å². The van der Waals surface area contributed by atoms with Crippen molar-refractivity contribution < 1.29 is 4.79 Å². The summed E-state index contributed by atoms with van der Waals surface area (Å²) in [7, 11) is 0. The predicted octanol–water partition coefficient (Wildman–Crippen LogP) is 3.51. The molecule has 76 valence electrons. The molecule has 3 heteroatoms. The van der Waals surface area contributed by atoms with Crippen LogP contribution in [0, 0.1) is 0 Å². The number of thiol groups is 1. The number of aryl methyl sites for hydroxylation is 1. The van der Waals surface area contributed by atoms with Crippen molar-refractivity contribution in [1.29, 1.82) is 0 Å². The quantitative estimate of drug-likeness (QED) is 0.603. The summed E-state index contributed by atoms with van der Waals surface area (Å²) in [6.07, 6.45) is 3.49. The van der Waals surface area contributed by atoms with Crippen molar-refractivity contribution in [3.63, 3.8) is 0 Å². The molecule has 14 heavy (non-hydrogen) atoms. The van der Waals surface area contributed by atoms with Crippen LogP contribution in [0.3, 0.4) is 0 Å². The van der Waals surface area contributed by atoms with Gasteiger partial charge in [0.05, 0.1) is 0 Å². The third-order valence-corrected chi connectivity index (χ3v) is 2.49. The monoisotopic (exact) mass is 228 g/mol. The highest BCUT2D eigenvalue weighted by atomic mass is 35.5. The maximum atomic E-state index is 10.5.